The van der Waals surface area contributed by atoms with E-state index in [1.54, 1.807) is 4.90 Å². The number of aromatic hydroxyl groups is 1. The van der Waals surface area contributed by atoms with Crippen LogP contribution in [0.3, 0.4) is 0 Å². The predicted octanol–water partition coefficient (Wildman–Crippen LogP) is 5.83. The third kappa shape index (κ3) is 4.69. The lowest BCUT2D eigenvalue weighted by molar-refractivity contribution is -0.128. The highest BCUT2D eigenvalue weighted by Gasteiger charge is 2.40. The van der Waals surface area contributed by atoms with Gasteiger partial charge in [0.1, 0.15) is 29.4 Å². The average Bonchev–Trinajstić information content (AvgIpc) is 3.01. The third-order valence-electron chi connectivity index (χ3n) is 8.86. The molecular weight excluding hydrogens is 597 g/mol. The topological polar surface area (TPSA) is 104 Å². The second kappa shape index (κ2) is 11.5. The Morgan fingerprint density at radius 2 is 1.72 bits per heavy atom. The van der Waals surface area contributed by atoms with E-state index >= 15 is 13.2 Å². The van der Waals surface area contributed by atoms with E-state index in [9.17, 15) is 14.7 Å². The molecule has 46 heavy (non-hydrogen) atoms. The molecule has 2 aromatic heterocycles. The van der Waals surface area contributed by atoms with Gasteiger partial charge >= 0.3 is 0 Å². The Hall–Kier alpha value is -4.87. The van der Waals surface area contributed by atoms with E-state index in [1.807, 2.05) is 39.5 Å². The highest BCUT2D eigenvalue weighted by atomic mass is 19.1. The SMILES string of the molecule is C=CC(=O)N1CC2CNc3c(c4cc(F)c(-c5c(O)cccc5F)c(F)c4n(-c4c(C(C)C)ncnc4C(C)C)c3=O)N2CC1C. The highest BCUT2D eigenvalue weighted by Crippen LogP contribution is 2.45. The largest absolute Gasteiger partial charge is 0.507 e. The van der Waals surface area contributed by atoms with Gasteiger partial charge in [-0.25, -0.2) is 23.1 Å². The number of hydrogen-bond acceptors (Lipinski definition) is 7. The monoisotopic (exact) mass is 632 g/mol. The number of carbonyl (C=O) groups excluding carboxylic acids is 1. The van der Waals surface area contributed by atoms with Gasteiger partial charge in [-0.05, 0) is 43.0 Å². The van der Waals surface area contributed by atoms with Crippen LogP contribution in [0.1, 0.15) is 57.8 Å². The van der Waals surface area contributed by atoms with Crippen LogP contribution in [0.5, 0.6) is 5.75 Å². The maximum Gasteiger partial charge on any atom is 0.281 e. The second-order valence-corrected chi connectivity index (χ2v) is 12.5. The zero-order chi connectivity index (χ0) is 33.2. The van der Waals surface area contributed by atoms with Crippen molar-refractivity contribution in [2.45, 2.75) is 58.5 Å². The van der Waals surface area contributed by atoms with Crippen LogP contribution in [0.2, 0.25) is 0 Å². The summed E-state index contributed by atoms with van der Waals surface area (Å²) >= 11 is 0. The Morgan fingerprint density at radius 1 is 1.04 bits per heavy atom. The molecule has 0 spiro atoms. The normalized spacial score (nSPS) is 17.7. The van der Waals surface area contributed by atoms with Crippen molar-refractivity contribution >= 4 is 28.2 Å². The summed E-state index contributed by atoms with van der Waals surface area (Å²) in [5.41, 5.74) is -0.769. The van der Waals surface area contributed by atoms with Crippen molar-refractivity contribution in [1.82, 2.24) is 19.4 Å². The number of aromatic nitrogens is 3. The number of anilines is 2. The minimum absolute atomic E-state index is 0.0605. The molecule has 1 fully saturated rings. The van der Waals surface area contributed by atoms with Crippen molar-refractivity contribution in [3.8, 4) is 22.6 Å². The van der Waals surface area contributed by atoms with Gasteiger partial charge in [0.25, 0.3) is 5.56 Å². The molecule has 0 bridgehead atoms. The summed E-state index contributed by atoms with van der Waals surface area (Å²) < 4.78 is 49.8. The molecule has 0 aliphatic carbocycles. The first-order valence-corrected chi connectivity index (χ1v) is 15.2. The van der Waals surface area contributed by atoms with Gasteiger partial charge in [0.15, 0.2) is 5.82 Å². The molecule has 2 aromatic carbocycles. The maximum atomic E-state index is 17.2. The number of piperazine rings is 1. The zero-order valence-corrected chi connectivity index (χ0v) is 26.2. The van der Waals surface area contributed by atoms with Crippen molar-refractivity contribution in [2.24, 2.45) is 0 Å². The number of phenolic OH excluding ortho intramolecular Hbond substituents is 1. The number of hydrogen-bond donors (Lipinski definition) is 2. The van der Waals surface area contributed by atoms with E-state index in [0.717, 1.165) is 18.2 Å². The van der Waals surface area contributed by atoms with Gasteiger partial charge in [-0.1, -0.05) is 40.3 Å². The van der Waals surface area contributed by atoms with Gasteiger partial charge in [0, 0.05) is 31.1 Å². The Balaban J connectivity index is 1.77. The van der Waals surface area contributed by atoms with Crippen LogP contribution >= 0.6 is 0 Å². The number of pyridine rings is 1. The van der Waals surface area contributed by atoms with E-state index in [1.165, 1.54) is 23.0 Å². The molecule has 0 radical (unpaired) electrons. The maximum absolute atomic E-state index is 17.2. The average molecular weight is 633 g/mol. The van der Waals surface area contributed by atoms with Crippen LogP contribution < -0.4 is 15.8 Å². The van der Waals surface area contributed by atoms with Crippen LogP contribution in [0, 0.1) is 17.5 Å². The number of carbonyl (C=O) groups is 1. The summed E-state index contributed by atoms with van der Waals surface area (Å²) in [5, 5.41) is 13.8. The Morgan fingerprint density at radius 3 is 2.33 bits per heavy atom. The molecule has 4 heterocycles. The smallest absolute Gasteiger partial charge is 0.281 e. The molecule has 2 N–H and O–H groups in total. The third-order valence-corrected chi connectivity index (χ3v) is 8.86. The fraction of sp³-hybridized carbons (Fsp3) is 0.353. The second-order valence-electron chi connectivity index (χ2n) is 12.5. The molecule has 240 valence electrons. The van der Waals surface area contributed by atoms with Crippen LogP contribution in [0.15, 0.2) is 48.0 Å². The van der Waals surface area contributed by atoms with Gasteiger partial charge < -0.3 is 20.2 Å². The lowest BCUT2D eigenvalue weighted by Gasteiger charge is -2.49. The van der Waals surface area contributed by atoms with Crippen molar-refractivity contribution < 1.29 is 23.1 Å². The van der Waals surface area contributed by atoms with Crippen molar-refractivity contribution in [3.63, 3.8) is 0 Å². The van der Waals surface area contributed by atoms with Crippen LogP contribution in [-0.4, -0.2) is 62.2 Å². The van der Waals surface area contributed by atoms with Crippen LogP contribution in [-0.2, 0) is 4.79 Å². The van der Waals surface area contributed by atoms with Crippen molar-refractivity contribution in [3.05, 3.63) is 82.4 Å². The molecule has 1 amide bonds. The van der Waals surface area contributed by atoms with E-state index in [4.69, 9.17) is 0 Å². The number of nitrogens with one attached hydrogen (secondary N) is 1. The number of amides is 1. The molecule has 12 heteroatoms. The first-order chi connectivity index (χ1) is 21.9. The summed E-state index contributed by atoms with van der Waals surface area (Å²) in [7, 11) is 0. The summed E-state index contributed by atoms with van der Waals surface area (Å²) in [6, 6.07) is 3.81. The number of rotatable bonds is 5. The minimum atomic E-state index is -1.22. The molecule has 1 saturated heterocycles. The summed E-state index contributed by atoms with van der Waals surface area (Å²) in [4.78, 5) is 39.9. The number of nitrogens with zero attached hydrogens (tertiary/aromatic N) is 5. The van der Waals surface area contributed by atoms with Gasteiger partial charge in [0.05, 0.1) is 45.4 Å². The molecule has 2 unspecified atom stereocenters. The van der Waals surface area contributed by atoms with Crippen LogP contribution in [0.25, 0.3) is 27.7 Å². The fourth-order valence-electron chi connectivity index (χ4n) is 6.73. The molecule has 2 atom stereocenters. The number of benzene rings is 2. The molecular formula is C34H35F3N6O3. The van der Waals surface area contributed by atoms with E-state index in [2.05, 4.69) is 21.9 Å². The van der Waals surface area contributed by atoms with Crippen LogP contribution in [0.4, 0.5) is 24.5 Å². The molecule has 2 aliphatic rings. The molecule has 0 saturated carbocycles. The molecule has 2 aliphatic heterocycles. The van der Waals surface area contributed by atoms with Gasteiger partial charge in [0.2, 0.25) is 5.91 Å². The molecule has 9 nitrogen and oxygen atoms in total. The number of phenols is 1. The van der Waals surface area contributed by atoms with Gasteiger partial charge in [-0.15, -0.1) is 0 Å². The fourth-order valence-corrected chi connectivity index (χ4v) is 6.73. The quantitative estimate of drug-likeness (QED) is 0.267. The summed E-state index contributed by atoms with van der Waals surface area (Å²) in [6.45, 7) is 13.8. The predicted molar refractivity (Wildman–Crippen MR) is 171 cm³/mol. The van der Waals surface area contributed by atoms with Crippen molar-refractivity contribution in [1.29, 1.82) is 0 Å². The molecule has 4 aromatic rings. The van der Waals surface area contributed by atoms with Gasteiger partial charge in [-0.2, -0.15) is 0 Å². The van der Waals surface area contributed by atoms with E-state index in [-0.39, 0.29) is 77.4 Å². The Bertz CT molecular complexity index is 1930. The highest BCUT2D eigenvalue weighted by molar-refractivity contribution is 6.03. The van der Waals surface area contributed by atoms with Crippen molar-refractivity contribution in [2.75, 3.05) is 29.9 Å². The van der Waals surface area contributed by atoms with E-state index < -0.39 is 39.9 Å². The summed E-state index contributed by atoms with van der Waals surface area (Å²) in [5.74, 6) is -4.71. The first kappa shape index (κ1) is 31.1. The minimum Gasteiger partial charge on any atom is -0.507 e. The first-order valence-electron chi connectivity index (χ1n) is 15.2. The lowest BCUT2D eigenvalue weighted by Crippen LogP contribution is -2.62. The van der Waals surface area contributed by atoms with E-state index in [0.29, 0.717) is 11.4 Å². The Labute approximate surface area is 264 Å². The number of halogens is 3. The summed E-state index contributed by atoms with van der Waals surface area (Å²) in [6.07, 6.45) is 2.64. The standard InChI is InChI=1S/C34H35F3N6O3/c1-7-24(45)41-14-19-12-38-30-32(42(19)13-18(41)6)20-11-22(36)26(25-21(35)9-8-10-23(25)44)27(37)31(20)43(34(30)46)33-28(16(2)3)39-15-40-29(33)17(4)5/h7-11,15-19,38,44H,1,12-14H2,2-6H3. The zero-order valence-electron chi connectivity index (χ0n) is 26.2. The number of fused-ring (bicyclic) bond motifs is 5. The lowest BCUT2D eigenvalue weighted by atomic mass is 9.95. The Kier molecular flexibility index (Phi) is 7.77. The van der Waals surface area contributed by atoms with Gasteiger partial charge in [-0.3, -0.25) is 14.2 Å². The molecule has 6 rings (SSSR count).